The largest absolute Gasteiger partial charge is 0.497 e. The Bertz CT molecular complexity index is 564. The van der Waals surface area contributed by atoms with E-state index >= 15 is 0 Å². The molecule has 18 heavy (non-hydrogen) atoms. The minimum atomic E-state index is 0.0290. The Morgan fingerprint density at radius 2 is 2.11 bits per heavy atom. The number of benzene rings is 1. The van der Waals surface area contributed by atoms with Crippen LogP contribution in [-0.4, -0.2) is 17.9 Å². The average Bonchev–Trinajstić information content (AvgIpc) is 2.39. The lowest BCUT2D eigenvalue weighted by Gasteiger charge is -2.05. The molecule has 0 aliphatic rings. The summed E-state index contributed by atoms with van der Waals surface area (Å²) in [6.07, 6.45) is 1.99. The predicted molar refractivity (Wildman–Crippen MR) is 70.0 cm³/mol. The first-order chi connectivity index (χ1) is 8.70. The summed E-state index contributed by atoms with van der Waals surface area (Å²) in [4.78, 5) is 16.3. The smallest absolute Gasteiger partial charge is 0.185 e. The van der Waals surface area contributed by atoms with Gasteiger partial charge in [0.2, 0.25) is 0 Å². The SMILES string of the molecule is COc1cccc(CC(=O)c2ncccc2C)c1. The van der Waals surface area contributed by atoms with Crippen molar-refractivity contribution in [2.24, 2.45) is 0 Å². The lowest BCUT2D eigenvalue weighted by molar-refractivity contribution is 0.0987. The Labute approximate surface area is 106 Å². The summed E-state index contributed by atoms with van der Waals surface area (Å²) < 4.78 is 5.14. The third-order valence-electron chi connectivity index (χ3n) is 2.77. The molecule has 2 aromatic rings. The average molecular weight is 241 g/mol. The van der Waals surface area contributed by atoms with Crippen molar-refractivity contribution < 1.29 is 9.53 Å². The van der Waals surface area contributed by atoms with Gasteiger partial charge in [0.15, 0.2) is 5.78 Å². The van der Waals surface area contributed by atoms with Crippen LogP contribution in [0.1, 0.15) is 21.6 Å². The van der Waals surface area contributed by atoms with E-state index in [0.29, 0.717) is 12.1 Å². The molecule has 1 heterocycles. The molecule has 92 valence electrons. The van der Waals surface area contributed by atoms with Crippen LogP contribution in [-0.2, 0) is 6.42 Å². The van der Waals surface area contributed by atoms with Crippen LogP contribution in [0.25, 0.3) is 0 Å². The van der Waals surface area contributed by atoms with Crippen LogP contribution in [0.5, 0.6) is 5.75 Å². The molecule has 0 aliphatic heterocycles. The van der Waals surface area contributed by atoms with Crippen molar-refractivity contribution in [2.45, 2.75) is 13.3 Å². The van der Waals surface area contributed by atoms with E-state index in [1.807, 2.05) is 43.3 Å². The molecule has 0 saturated heterocycles. The van der Waals surface area contributed by atoms with E-state index < -0.39 is 0 Å². The molecular formula is C15H15NO2. The number of pyridine rings is 1. The third-order valence-corrected chi connectivity index (χ3v) is 2.77. The van der Waals surface area contributed by atoms with Crippen molar-refractivity contribution in [1.82, 2.24) is 4.98 Å². The molecule has 0 saturated carbocycles. The lowest BCUT2D eigenvalue weighted by Crippen LogP contribution is -2.08. The fourth-order valence-corrected chi connectivity index (χ4v) is 1.83. The van der Waals surface area contributed by atoms with Crippen LogP contribution >= 0.6 is 0 Å². The van der Waals surface area contributed by atoms with Crippen LogP contribution in [0.2, 0.25) is 0 Å². The number of hydrogen-bond donors (Lipinski definition) is 0. The zero-order valence-electron chi connectivity index (χ0n) is 10.5. The number of methoxy groups -OCH3 is 1. The maximum atomic E-state index is 12.1. The third kappa shape index (κ3) is 2.74. The van der Waals surface area contributed by atoms with E-state index in [4.69, 9.17) is 4.74 Å². The summed E-state index contributed by atoms with van der Waals surface area (Å²) in [6.45, 7) is 1.89. The van der Waals surface area contributed by atoms with E-state index in [9.17, 15) is 4.79 Å². The van der Waals surface area contributed by atoms with Crippen molar-refractivity contribution in [3.8, 4) is 5.75 Å². The summed E-state index contributed by atoms with van der Waals surface area (Å²) >= 11 is 0. The number of aromatic nitrogens is 1. The van der Waals surface area contributed by atoms with Gasteiger partial charge in [-0.3, -0.25) is 9.78 Å². The molecule has 1 aromatic heterocycles. The van der Waals surface area contributed by atoms with E-state index in [1.54, 1.807) is 13.3 Å². The Hall–Kier alpha value is -2.16. The van der Waals surface area contributed by atoms with Gasteiger partial charge < -0.3 is 4.74 Å². The van der Waals surface area contributed by atoms with Gasteiger partial charge in [0.05, 0.1) is 7.11 Å². The molecule has 3 nitrogen and oxygen atoms in total. The molecule has 0 amide bonds. The highest BCUT2D eigenvalue weighted by atomic mass is 16.5. The fourth-order valence-electron chi connectivity index (χ4n) is 1.83. The summed E-state index contributed by atoms with van der Waals surface area (Å²) in [5, 5.41) is 0. The standard InChI is InChI=1S/C15H15NO2/c1-11-5-4-8-16-15(11)14(17)10-12-6-3-7-13(9-12)18-2/h3-9H,10H2,1-2H3. The van der Waals surface area contributed by atoms with E-state index in [1.165, 1.54) is 0 Å². The van der Waals surface area contributed by atoms with Crippen LogP contribution in [0.4, 0.5) is 0 Å². The van der Waals surface area contributed by atoms with Crippen LogP contribution in [0.3, 0.4) is 0 Å². The van der Waals surface area contributed by atoms with Crippen molar-refractivity contribution in [3.63, 3.8) is 0 Å². The highest BCUT2D eigenvalue weighted by Gasteiger charge is 2.11. The van der Waals surface area contributed by atoms with E-state index in [-0.39, 0.29) is 5.78 Å². The van der Waals surface area contributed by atoms with Gasteiger partial charge in [-0.15, -0.1) is 0 Å². The Morgan fingerprint density at radius 1 is 1.28 bits per heavy atom. The first-order valence-electron chi connectivity index (χ1n) is 5.78. The summed E-state index contributed by atoms with van der Waals surface area (Å²) in [6, 6.07) is 11.3. The molecule has 3 heteroatoms. The molecular weight excluding hydrogens is 226 g/mol. The molecule has 0 radical (unpaired) electrons. The van der Waals surface area contributed by atoms with Crippen molar-refractivity contribution in [3.05, 3.63) is 59.4 Å². The number of aryl methyl sites for hydroxylation is 1. The maximum absolute atomic E-state index is 12.1. The number of rotatable bonds is 4. The van der Waals surface area contributed by atoms with E-state index in [0.717, 1.165) is 16.9 Å². The van der Waals surface area contributed by atoms with Crippen LogP contribution in [0, 0.1) is 6.92 Å². The van der Waals surface area contributed by atoms with Gasteiger partial charge in [-0.05, 0) is 36.2 Å². The molecule has 0 atom stereocenters. The van der Waals surface area contributed by atoms with E-state index in [2.05, 4.69) is 4.98 Å². The van der Waals surface area contributed by atoms with Gasteiger partial charge in [-0.2, -0.15) is 0 Å². The number of ether oxygens (including phenoxy) is 1. The number of Topliss-reactive ketones (excluding diaryl/α,β-unsaturated/α-hetero) is 1. The van der Waals surface area contributed by atoms with Gasteiger partial charge in [-0.25, -0.2) is 0 Å². The minimum Gasteiger partial charge on any atom is -0.497 e. The fraction of sp³-hybridized carbons (Fsp3) is 0.200. The topological polar surface area (TPSA) is 39.2 Å². The van der Waals surface area contributed by atoms with Gasteiger partial charge in [0, 0.05) is 12.6 Å². The molecule has 0 fully saturated rings. The highest BCUT2D eigenvalue weighted by Crippen LogP contribution is 2.15. The summed E-state index contributed by atoms with van der Waals surface area (Å²) in [5.41, 5.74) is 2.38. The zero-order valence-corrected chi connectivity index (χ0v) is 10.5. The molecule has 0 aliphatic carbocycles. The number of nitrogens with zero attached hydrogens (tertiary/aromatic N) is 1. The minimum absolute atomic E-state index is 0.0290. The maximum Gasteiger partial charge on any atom is 0.185 e. The molecule has 2 rings (SSSR count). The summed E-state index contributed by atoms with van der Waals surface area (Å²) in [5.74, 6) is 0.791. The lowest BCUT2D eigenvalue weighted by atomic mass is 10.0. The normalized spacial score (nSPS) is 10.1. The molecule has 0 bridgehead atoms. The number of carbonyl (C=O) groups is 1. The Balaban J connectivity index is 2.19. The number of carbonyl (C=O) groups excluding carboxylic acids is 1. The Kier molecular flexibility index (Phi) is 3.72. The zero-order chi connectivity index (χ0) is 13.0. The number of ketones is 1. The number of hydrogen-bond acceptors (Lipinski definition) is 3. The summed E-state index contributed by atoms with van der Waals surface area (Å²) in [7, 11) is 1.61. The first-order valence-corrected chi connectivity index (χ1v) is 5.78. The molecule has 0 N–H and O–H groups in total. The van der Waals surface area contributed by atoms with Crippen molar-refractivity contribution in [2.75, 3.05) is 7.11 Å². The quantitative estimate of drug-likeness (QED) is 0.773. The van der Waals surface area contributed by atoms with Gasteiger partial charge >= 0.3 is 0 Å². The molecule has 1 aromatic carbocycles. The van der Waals surface area contributed by atoms with Crippen molar-refractivity contribution >= 4 is 5.78 Å². The van der Waals surface area contributed by atoms with Crippen LogP contribution < -0.4 is 4.74 Å². The van der Waals surface area contributed by atoms with Crippen molar-refractivity contribution in [1.29, 1.82) is 0 Å². The van der Waals surface area contributed by atoms with Crippen LogP contribution in [0.15, 0.2) is 42.6 Å². The predicted octanol–water partition coefficient (Wildman–Crippen LogP) is 2.82. The second kappa shape index (κ2) is 5.45. The Morgan fingerprint density at radius 3 is 2.83 bits per heavy atom. The van der Waals surface area contributed by atoms with Gasteiger partial charge in [-0.1, -0.05) is 18.2 Å². The second-order valence-electron chi connectivity index (χ2n) is 4.12. The van der Waals surface area contributed by atoms with Gasteiger partial charge in [0.1, 0.15) is 11.4 Å². The van der Waals surface area contributed by atoms with Gasteiger partial charge in [0.25, 0.3) is 0 Å². The molecule has 0 spiro atoms. The second-order valence-corrected chi connectivity index (χ2v) is 4.12. The first kappa shape index (κ1) is 12.3. The monoisotopic (exact) mass is 241 g/mol. The highest BCUT2D eigenvalue weighted by molar-refractivity contribution is 5.96. The molecule has 0 unspecified atom stereocenters.